The number of H-pyrrole nitrogens is 1. The van der Waals surface area contributed by atoms with E-state index in [0.717, 1.165) is 0 Å². The summed E-state index contributed by atoms with van der Waals surface area (Å²) in [5.74, 6) is -0.841. The molecule has 0 saturated heterocycles. The maximum atomic E-state index is 12.3. The normalized spacial score (nSPS) is 11.8. The van der Waals surface area contributed by atoms with Gasteiger partial charge < -0.3 is 4.42 Å². The Bertz CT molecular complexity index is 969. The zero-order valence-electron chi connectivity index (χ0n) is 11.6. The summed E-state index contributed by atoms with van der Waals surface area (Å²) in [6.45, 7) is 0. The molecule has 0 bridgehead atoms. The van der Waals surface area contributed by atoms with Crippen LogP contribution in [0.25, 0.3) is 22.0 Å². The molecule has 0 atom stereocenters. The Morgan fingerprint density at radius 3 is 2.26 bits per heavy atom. The van der Waals surface area contributed by atoms with Gasteiger partial charge in [-0.3, -0.25) is 4.98 Å². The molecule has 0 spiro atoms. The molecule has 3 rings (SSSR count). The summed E-state index contributed by atoms with van der Waals surface area (Å²) >= 11 is 0. The molecule has 0 aliphatic carbocycles. The van der Waals surface area contributed by atoms with Crippen molar-refractivity contribution in [3.63, 3.8) is 0 Å². The molecule has 4 nitrogen and oxygen atoms in total. The highest BCUT2D eigenvalue weighted by atomic mass is 19.4. The van der Waals surface area contributed by atoms with Crippen LogP contribution in [-0.4, -0.2) is 11.2 Å². The number of rotatable bonds is 2. The minimum Gasteiger partial charge on any atom is -0.372 e. The van der Waals surface area contributed by atoms with E-state index in [1.165, 1.54) is 18.2 Å². The lowest BCUT2D eigenvalue weighted by Crippen LogP contribution is -2.14. The molecule has 0 saturated carbocycles. The van der Waals surface area contributed by atoms with Gasteiger partial charge in [0.25, 0.3) is 0 Å². The molecule has 0 unspecified atom stereocenters. The number of hydrogen-bond acceptors (Lipinski definition) is 3. The Hall–Kier alpha value is -2.83. The van der Waals surface area contributed by atoms with Gasteiger partial charge in [0.15, 0.2) is 0 Å². The Morgan fingerprint density at radius 1 is 0.957 bits per heavy atom. The number of alkyl halides is 3. The van der Waals surface area contributed by atoms with Gasteiger partial charge >= 0.3 is 17.6 Å². The fourth-order valence-electron chi connectivity index (χ4n) is 2.32. The van der Waals surface area contributed by atoms with Crippen LogP contribution in [0.4, 0.5) is 13.2 Å². The first-order valence-electron chi connectivity index (χ1n) is 6.65. The van der Waals surface area contributed by atoms with Crippen molar-refractivity contribution in [2.45, 2.75) is 12.6 Å². The third-order valence-electron chi connectivity index (χ3n) is 3.35. The summed E-state index contributed by atoms with van der Waals surface area (Å²) in [6.07, 6.45) is -5.24. The molecular formula is C16H10F3NO3. The van der Waals surface area contributed by atoms with Crippen molar-refractivity contribution >= 4 is 10.9 Å². The van der Waals surface area contributed by atoms with Gasteiger partial charge in [0.1, 0.15) is 0 Å². The Kier molecular flexibility index (Phi) is 3.55. The molecule has 1 N–H and O–H groups in total. The molecule has 3 aromatic rings. The minimum atomic E-state index is -4.25. The molecule has 0 aliphatic rings. The second-order valence-electron chi connectivity index (χ2n) is 5.05. The van der Waals surface area contributed by atoms with Crippen LogP contribution < -0.4 is 11.4 Å². The number of aromatic amines is 1. The Balaban J connectivity index is 2.00. The second-order valence-corrected chi connectivity index (χ2v) is 5.05. The summed E-state index contributed by atoms with van der Waals surface area (Å²) in [5.41, 5.74) is 1.02. The molecule has 118 valence electrons. The van der Waals surface area contributed by atoms with Crippen molar-refractivity contribution in [1.82, 2.24) is 4.98 Å². The lowest BCUT2D eigenvalue weighted by atomic mass is 10.0. The zero-order valence-corrected chi connectivity index (χ0v) is 11.6. The van der Waals surface area contributed by atoms with E-state index in [-0.39, 0.29) is 10.9 Å². The van der Waals surface area contributed by atoms with Gasteiger partial charge in [-0.2, -0.15) is 13.2 Å². The largest absolute Gasteiger partial charge is 0.419 e. The molecular weight excluding hydrogens is 311 g/mol. The zero-order chi connectivity index (χ0) is 16.6. The maximum absolute atomic E-state index is 12.3. The van der Waals surface area contributed by atoms with Crippen LogP contribution in [-0.2, 0) is 6.42 Å². The Morgan fingerprint density at radius 2 is 1.61 bits per heavy atom. The van der Waals surface area contributed by atoms with Gasteiger partial charge in [-0.1, -0.05) is 30.3 Å². The predicted octanol–water partition coefficient (Wildman–Crippen LogP) is 3.25. The molecule has 1 heterocycles. The van der Waals surface area contributed by atoms with Gasteiger partial charge in [-0.25, -0.2) is 9.59 Å². The summed E-state index contributed by atoms with van der Waals surface area (Å²) in [6, 6.07) is 10.6. The first-order valence-corrected chi connectivity index (χ1v) is 6.65. The summed E-state index contributed by atoms with van der Waals surface area (Å²) in [5, 5.41) is 0.196. The van der Waals surface area contributed by atoms with Crippen molar-refractivity contribution in [2.75, 3.05) is 0 Å². The van der Waals surface area contributed by atoms with Gasteiger partial charge in [0.2, 0.25) is 0 Å². The maximum Gasteiger partial charge on any atom is 0.419 e. The Labute approximate surface area is 127 Å². The molecule has 2 aromatic carbocycles. The number of fused-ring (bicyclic) bond motifs is 1. The van der Waals surface area contributed by atoms with Crippen LogP contribution in [0.3, 0.4) is 0 Å². The van der Waals surface area contributed by atoms with Crippen LogP contribution >= 0.6 is 0 Å². The van der Waals surface area contributed by atoms with Gasteiger partial charge in [-0.05, 0) is 28.8 Å². The lowest BCUT2D eigenvalue weighted by Gasteiger charge is -2.08. The van der Waals surface area contributed by atoms with E-state index in [2.05, 4.69) is 9.40 Å². The van der Waals surface area contributed by atoms with Gasteiger partial charge in [-0.15, -0.1) is 0 Å². The molecule has 0 amide bonds. The van der Waals surface area contributed by atoms with Crippen LogP contribution in [0.2, 0.25) is 0 Å². The van der Waals surface area contributed by atoms with Crippen molar-refractivity contribution in [2.24, 2.45) is 0 Å². The fourth-order valence-corrected chi connectivity index (χ4v) is 2.32. The van der Waals surface area contributed by atoms with Crippen molar-refractivity contribution in [1.29, 1.82) is 0 Å². The SMILES string of the molecule is O=c1[nH]c2ccc(-c3ccc(CC(F)(F)F)cc3)cc2c(=O)o1. The lowest BCUT2D eigenvalue weighted by molar-refractivity contribution is -0.127. The van der Waals surface area contributed by atoms with Crippen molar-refractivity contribution in [3.8, 4) is 11.1 Å². The first-order chi connectivity index (χ1) is 10.8. The summed E-state index contributed by atoms with van der Waals surface area (Å²) < 4.78 is 41.5. The molecule has 0 fully saturated rings. The summed E-state index contributed by atoms with van der Waals surface area (Å²) in [7, 11) is 0. The average Bonchev–Trinajstić information content (AvgIpc) is 2.46. The highest BCUT2D eigenvalue weighted by Crippen LogP contribution is 2.25. The van der Waals surface area contributed by atoms with Crippen LogP contribution in [0.15, 0.2) is 56.5 Å². The number of hydrogen-bond donors (Lipinski definition) is 1. The van der Waals surface area contributed by atoms with E-state index in [4.69, 9.17) is 0 Å². The number of benzene rings is 2. The fraction of sp³-hybridized carbons (Fsp3) is 0.125. The highest BCUT2D eigenvalue weighted by molar-refractivity contribution is 5.83. The standard InChI is InChI=1S/C16H10F3NO3/c17-16(18,19)8-9-1-3-10(4-2-9)11-5-6-13-12(7-11)14(21)23-15(22)20-13/h1-7H,8H2,(H,20,22). The topological polar surface area (TPSA) is 63.1 Å². The predicted molar refractivity (Wildman–Crippen MR) is 78.3 cm³/mol. The molecule has 1 aromatic heterocycles. The van der Waals surface area contributed by atoms with E-state index in [0.29, 0.717) is 16.6 Å². The van der Waals surface area contributed by atoms with Crippen LogP contribution in [0.1, 0.15) is 5.56 Å². The monoisotopic (exact) mass is 321 g/mol. The van der Waals surface area contributed by atoms with E-state index < -0.39 is 24.0 Å². The van der Waals surface area contributed by atoms with E-state index >= 15 is 0 Å². The quantitative estimate of drug-likeness (QED) is 0.788. The third-order valence-corrected chi connectivity index (χ3v) is 3.35. The first kappa shape index (κ1) is 15.1. The second kappa shape index (κ2) is 5.42. The molecule has 0 radical (unpaired) electrons. The summed E-state index contributed by atoms with van der Waals surface area (Å²) in [4.78, 5) is 25.2. The smallest absolute Gasteiger partial charge is 0.372 e. The van der Waals surface area contributed by atoms with Crippen LogP contribution in [0, 0.1) is 0 Å². The third kappa shape index (κ3) is 3.33. The van der Waals surface area contributed by atoms with Crippen molar-refractivity contribution < 1.29 is 17.6 Å². The van der Waals surface area contributed by atoms with E-state index in [1.807, 2.05) is 0 Å². The number of nitrogens with one attached hydrogen (secondary N) is 1. The molecule has 7 heteroatoms. The van der Waals surface area contributed by atoms with Crippen LogP contribution in [0.5, 0.6) is 0 Å². The minimum absolute atomic E-state index is 0.158. The molecule has 23 heavy (non-hydrogen) atoms. The van der Waals surface area contributed by atoms with Gasteiger partial charge in [0.05, 0.1) is 17.3 Å². The van der Waals surface area contributed by atoms with Gasteiger partial charge in [0, 0.05) is 0 Å². The average molecular weight is 321 g/mol. The van der Waals surface area contributed by atoms with E-state index in [1.54, 1.807) is 24.3 Å². The number of aromatic nitrogens is 1. The molecule has 0 aliphatic heterocycles. The van der Waals surface area contributed by atoms with Crippen molar-refractivity contribution in [3.05, 3.63) is 69.0 Å². The number of halogens is 3. The van der Waals surface area contributed by atoms with E-state index in [9.17, 15) is 22.8 Å². The highest BCUT2D eigenvalue weighted by Gasteiger charge is 2.27.